The van der Waals surface area contributed by atoms with Crippen LogP contribution < -0.4 is 0 Å². The Bertz CT molecular complexity index is 490. The molecule has 0 saturated carbocycles. The molecule has 0 bridgehead atoms. The summed E-state index contributed by atoms with van der Waals surface area (Å²) in [6.07, 6.45) is -0.0997. The van der Waals surface area contributed by atoms with Crippen molar-refractivity contribution >= 4 is 55.6 Å². The van der Waals surface area contributed by atoms with E-state index in [9.17, 15) is 13.5 Å². The zero-order valence-electron chi connectivity index (χ0n) is 8.19. The van der Waals surface area contributed by atoms with Crippen LogP contribution in [-0.4, -0.2) is 23.0 Å². The van der Waals surface area contributed by atoms with Gasteiger partial charge in [0.25, 0.3) is 0 Å². The Morgan fingerprint density at radius 3 is 2.38 bits per heavy atom. The van der Waals surface area contributed by atoms with Gasteiger partial charge in [0.05, 0.1) is 0 Å². The van der Waals surface area contributed by atoms with E-state index in [1.165, 1.54) is 12.1 Å². The standard InChI is InChI=1S/C9H9Cl2IO3S/c1-16(14,15)9(12)8(13)6-3-2-5(10)4-7(6)11/h2-4,8-9,13H,1H3/t8-,9-/m0/s1. The average molecular weight is 395 g/mol. The molecule has 0 saturated heterocycles. The lowest BCUT2D eigenvalue weighted by Gasteiger charge is -2.17. The molecule has 0 unspecified atom stereocenters. The fourth-order valence-electron chi connectivity index (χ4n) is 1.12. The van der Waals surface area contributed by atoms with Gasteiger partial charge in [-0.15, -0.1) is 0 Å². The molecular formula is C9H9Cl2IO3S. The molecule has 0 aliphatic rings. The molecular weight excluding hydrogens is 386 g/mol. The minimum absolute atomic E-state index is 0.255. The van der Waals surface area contributed by atoms with E-state index in [2.05, 4.69) is 0 Å². The van der Waals surface area contributed by atoms with Crippen LogP contribution in [0.4, 0.5) is 0 Å². The number of hydrogen-bond donors (Lipinski definition) is 1. The van der Waals surface area contributed by atoms with Gasteiger partial charge < -0.3 is 5.11 Å². The first-order chi connectivity index (χ1) is 7.23. The Balaban J connectivity index is 3.10. The second-order valence-electron chi connectivity index (χ2n) is 3.29. The summed E-state index contributed by atoms with van der Waals surface area (Å²) in [6, 6.07) is 4.54. The molecule has 0 heterocycles. The molecule has 7 heteroatoms. The van der Waals surface area contributed by atoms with Crippen LogP contribution in [0.3, 0.4) is 0 Å². The number of hydrogen-bond acceptors (Lipinski definition) is 3. The van der Waals surface area contributed by atoms with E-state index in [0.29, 0.717) is 10.6 Å². The third-order valence-corrected chi connectivity index (χ3v) is 7.03. The molecule has 0 radical (unpaired) electrons. The largest absolute Gasteiger partial charge is 0.386 e. The van der Waals surface area contributed by atoms with Crippen molar-refractivity contribution in [2.45, 2.75) is 9.36 Å². The molecule has 1 rings (SSSR count). The molecule has 0 aliphatic carbocycles. The number of benzene rings is 1. The van der Waals surface area contributed by atoms with Gasteiger partial charge in [0.1, 0.15) is 9.36 Å². The molecule has 90 valence electrons. The molecule has 16 heavy (non-hydrogen) atoms. The van der Waals surface area contributed by atoms with E-state index in [-0.39, 0.29) is 5.02 Å². The number of sulfone groups is 1. The van der Waals surface area contributed by atoms with Gasteiger partial charge in [-0.05, 0) is 12.1 Å². The number of halogens is 3. The van der Waals surface area contributed by atoms with Crippen LogP contribution in [0.1, 0.15) is 11.7 Å². The predicted molar refractivity (Wildman–Crippen MR) is 74.1 cm³/mol. The molecule has 3 nitrogen and oxygen atoms in total. The van der Waals surface area contributed by atoms with Crippen molar-refractivity contribution in [3.63, 3.8) is 0 Å². The summed E-state index contributed by atoms with van der Waals surface area (Å²) >= 11 is 13.3. The smallest absolute Gasteiger partial charge is 0.162 e. The van der Waals surface area contributed by atoms with Crippen LogP contribution >= 0.6 is 45.8 Å². The number of aliphatic hydroxyl groups excluding tert-OH is 1. The summed E-state index contributed by atoms with van der Waals surface area (Å²) in [5.41, 5.74) is 0.357. The summed E-state index contributed by atoms with van der Waals surface area (Å²) < 4.78 is 21.6. The molecule has 0 aliphatic heterocycles. The van der Waals surface area contributed by atoms with Crippen LogP contribution in [0.15, 0.2) is 18.2 Å². The van der Waals surface area contributed by atoms with E-state index < -0.39 is 19.2 Å². The highest BCUT2D eigenvalue weighted by Crippen LogP contribution is 2.32. The SMILES string of the molecule is CS(=O)(=O)[C@H](I)[C@@H](O)c1ccc(Cl)cc1Cl. The van der Waals surface area contributed by atoms with Crippen molar-refractivity contribution in [3.05, 3.63) is 33.8 Å². The molecule has 0 fully saturated rings. The Morgan fingerprint density at radius 2 is 1.94 bits per heavy atom. The van der Waals surface area contributed by atoms with Crippen molar-refractivity contribution in [2.24, 2.45) is 0 Å². The Labute approximate surface area is 118 Å². The van der Waals surface area contributed by atoms with Gasteiger partial charge >= 0.3 is 0 Å². The first-order valence-electron chi connectivity index (χ1n) is 4.19. The van der Waals surface area contributed by atoms with E-state index in [0.717, 1.165) is 6.26 Å². The van der Waals surface area contributed by atoms with Crippen molar-refractivity contribution < 1.29 is 13.5 Å². The van der Waals surface area contributed by atoms with E-state index >= 15 is 0 Å². The van der Waals surface area contributed by atoms with E-state index in [4.69, 9.17) is 23.2 Å². The van der Waals surface area contributed by atoms with Gasteiger partial charge in [0.2, 0.25) is 0 Å². The lowest BCUT2D eigenvalue weighted by molar-refractivity contribution is 0.197. The molecule has 1 aromatic rings. The zero-order chi connectivity index (χ0) is 12.5. The highest BCUT2D eigenvalue weighted by Gasteiger charge is 2.28. The number of alkyl halides is 1. The number of aliphatic hydroxyl groups is 1. The molecule has 0 aromatic heterocycles. The molecule has 0 amide bonds. The average Bonchev–Trinajstić information content (AvgIpc) is 2.14. The van der Waals surface area contributed by atoms with Crippen molar-refractivity contribution in [3.8, 4) is 0 Å². The van der Waals surface area contributed by atoms with Crippen LogP contribution in [0.2, 0.25) is 10.0 Å². The summed E-state index contributed by atoms with van der Waals surface area (Å²) in [6.45, 7) is 0. The second-order valence-corrected chi connectivity index (χ2v) is 8.49. The quantitative estimate of drug-likeness (QED) is 0.633. The first kappa shape index (κ1) is 14.5. The van der Waals surface area contributed by atoms with Crippen molar-refractivity contribution in [1.82, 2.24) is 0 Å². The lowest BCUT2D eigenvalue weighted by Crippen LogP contribution is -2.21. The lowest BCUT2D eigenvalue weighted by atomic mass is 10.1. The topological polar surface area (TPSA) is 54.4 Å². The van der Waals surface area contributed by atoms with Gasteiger partial charge in [-0.3, -0.25) is 0 Å². The second kappa shape index (κ2) is 5.39. The minimum Gasteiger partial charge on any atom is -0.386 e. The van der Waals surface area contributed by atoms with Crippen LogP contribution in [-0.2, 0) is 9.84 Å². The zero-order valence-corrected chi connectivity index (χ0v) is 12.7. The van der Waals surface area contributed by atoms with E-state index in [1.54, 1.807) is 28.7 Å². The van der Waals surface area contributed by atoms with Gasteiger partial charge in [-0.1, -0.05) is 51.9 Å². The third kappa shape index (κ3) is 3.46. The normalized spacial score (nSPS) is 15.8. The highest BCUT2D eigenvalue weighted by molar-refractivity contribution is 14.1. The fourth-order valence-corrected chi connectivity index (χ4v) is 2.64. The molecule has 1 aromatic carbocycles. The monoisotopic (exact) mass is 394 g/mol. The summed E-state index contributed by atoms with van der Waals surface area (Å²) in [7, 11) is -3.33. The maximum absolute atomic E-state index is 11.3. The first-order valence-corrected chi connectivity index (χ1v) is 8.15. The summed E-state index contributed by atoms with van der Waals surface area (Å²) in [5, 5.41) is 10.6. The molecule has 2 atom stereocenters. The summed E-state index contributed by atoms with van der Waals surface area (Å²) in [4.78, 5) is 0. The van der Waals surface area contributed by atoms with Gasteiger partial charge in [0, 0.05) is 21.9 Å². The Kier molecular flexibility index (Phi) is 4.88. The predicted octanol–water partition coefficient (Wildman–Crippen LogP) is 2.83. The summed E-state index contributed by atoms with van der Waals surface area (Å²) in [5.74, 6) is 0. The van der Waals surface area contributed by atoms with Gasteiger partial charge in [0.15, 0.2) is 9.84 Å². The number of rotatable bonds is 3. The van der Waals surface area contributed by atoms with Gasteiger partial charge in [-0.25, -0.2) is 8.42 Å². The highest BCUT2D eigenvalue weighted by atomic mass is 127. The Hall–Kier alpha value is 0.440. The molecule has 0 spiro atoms. The van der Waals surface area contributed by atoms with Crippen molar-refractivity contribution in [2.75, 3.05) is 6.26 Å². The maximum Gasteiger partial charge on any atom is 0.162 e. The molecule has 1 N–H and O–H groups in total. The van der Waals surface area contributed by atoms with Crippen molar-refractivity contribution in [1.29, 1.82) is 0 Å². The third-order valence-electron chi connectivity index (χ3n) is 1.94. The van der Waals surface area contributed by atoms with Crippen LogP contribution in [0.5, 0.6) is 0 Å². The minimum atomic E-state index is -3.33. The van der Waals surface area contributed by atoms with E-state index in [1.807, 2.05) is 0 Å². The fraction of sp³-hybridized carbons (Fsp3) is 0.333. The van der Waals surface area contributed by atoms with Crippen LogP contribution in [0.25, 0.3) is 0 Å². The Morgan fingerprint density at radius 1 is 1.38 bits per heavy atom. The van der Waals surface area contributed by atoms with Crippen LogP contribution in [0, 0.1) is 0 Å². The maximum atomic E-state index is 11.3. The van der Waals surface area contributed by atoms with Gasteiger partial charge in [-0.2, -0.15) is 0 Å².